The number of rotatable bonds is 3. The zero-order chi connectivity index (χ0) is 14.2. The van der Waals surface area contributed by atoms with Crippen LogP contribution >= 0.6 is 39.0 Å². The SMILES string of the molecule is Cc1cc(S(=O)(=O)N2CCSCC2C(=O)O)sc1Br. The number of nitrogens with zero attached hydrogens (tertiary/aromatic N) is 1. The lowest BCUT2D eigenvalue weighted by Gasteiger charge is -2.30. The number of halogens is 1. The smallest absolute Gasteiger partial charge is 0.322 e. The van der Waals surface area contributed by atoms with Crippen molar-refractivity contribution in [3.05, 3.63) is 15.4 Å². The highest BCUT2D eigenvalue weighted by Gasteiger charge is 2.38. The van der Waals surface area contributed by atoms with Gasteiger partial charge < -0.3 is 5.11 Å². The van der Waals surface area contributed by atoms with Gasteiger partial charge in [0.25, 0.3) is 10.0 Å². The number of hydrogen-bond acceptors (Lipinski definition) is 5. The Hall–Kier alpha value is -0.0900. The third-order valence-corrected chi connectivity index (χ3v) is 8.28. The molecule has 1 N–H and O–H groups in total. The first kappa shape index (κ1) is 15.3. The van der Waals surface area contributed by atoms with Crippen LogP contribution in [0.2, 0.25) is 0 Å². The lowest BCUT2D eigenvalue weighted by atomic mass is 10.3. The fourth-order valence-corrected chi connectivity index (χ4v) is 6.93. The highest BCUT2D eigenvalue weighted by molar-refractivity contribution is 9.11. The predicted octanol–water partition coefficient (Wildman–Crippen LogP) is 2.01. The van der Waals surface area contributed by atoms with E-state index in [-0.39, 0.29) is 10.8 Å². The molecule has 9 heteroatoms. The quantitative estimate of drug-likeness (QED) is 0.860. The molecule has 0 amide bonds. The largest absolute Gasteiger partial charge is 0.480 e. The number of carboxylic acids is 1. The molecule has 2 heterocycles. The fraction of sp³-hybridized carbons (Fsp3) is 0.500. The second-order valence-corrected chi connectivity index (χ2v) is 9.70. The summed E-state index contributed by atoms with van der Waals surface area (Å²) in [4.78, 5) is 11.2. The van der Waals surface area contributed by atoms with Crippen LogP contribution < -0.4 is 0 Å². The molecule has 1 aliphatic heterocycles. The molecule has 1 aromatic heterocycles. The summed E-state index contributed by atoms with van der Waals surface area (Å²) in [6.07, 6.45) is 0. The van der Waals surface area contributed by atoms with E-state index in [9.17, 15) is 13.2 Å². The van der Waals surface area contributed by atoms with Crippen molar-refractivity contribution in [2.45, 2.75) is 17.2 Å². The van der Waals surface area contributed by atoms with Crippen LogP contribution in [0.3, 0.4) is 0 Å². The normalized spacial score (nSPS) is 21.5. The number of aryl methyl sites for hydroxylation is 1. The van der Waals surface area contributed by atoms with Crippen LogP contribution in [0.4, 0.5) is 0 Å². The van der Waals surface area contributed by atoms with Gasteiger partial charge in [-0.05, 0) is 34.5 Å². The minimum Gasteiger partial charge on any atom is -0.480 e. The maximum atomic E-state index is 12.5. The number of thiophene rings is 1. The van der Waals surface area contributed by atoms with Gasteiger partial charge in [-0.15, -0.1) is 11.3 Å². The summed E-state index contributed by atoms with van der Waals surface area (Å²) in [5.74, 6) is -0.183. The van der Waals surface area contributed by atoms with E-state index in [4.69, 9.17) is 5.11 Å². The molecular weight excluding hydrogens is 374 g/mol. The molecule has 0 aromatic carbocycles. The molecule has 0 spiro atoms. The number of hydrogen-bond donors (Lipinski definition) is 1. The number of carboxylic acid groups (broad SMARTS) is 1. The summed E-state index contributed by atoms with van der Waals surface area (Å²) >= 11 is 5.87. The van der Waals surface area contributed by atoms with Gasteiger partial charge in [0, 0.05) is 18.1 Å². The molecule has 1 saturated heterocycles. The molecular formula is C10H12BrNO4S3. The predicted molar refractivity (Wildman–Crippen MR) is 79.4 cm³/mol. The summed E-state index contributed by atoms with van der Waals surface area (Å²) in [5.41, 5.74) is 0.835. The first-order valence-corrected chi connectivity index (χ1v) is 9.63. The standard InChI is InChI=1S/C10H12BrNO4S3/c1-6-4-8(18-9(6)11)19(15,16)12-2-3-17-5-7(12)10(13)14/h4,7H,2-3,5H2,1H3,(H,13,14). The Labute approximate surface area is 128 Å². The van der Waals surface area contributed by atoms with E-state index < -0.39 is 22.0 Å². The van der Waals surface area contributed by atoms with E-state index in [0.29, 0.717) is 11.5 Å². The summed E-state index contributed by atoms with van der Waals surface area (Å²) in [6.45, 7) is 2.04. The molecule has 0 aliphatic carbocycles. The molecule has 1 atom stereocenters. The van der Waals surface area contributed by atoms with Gasteiger partial charge in [0.05, 0.1) is 3.79 Å². The van der Waals surface area contributed by atoms with Crippen molar-refractivity contribution in [1.82, 2.24) is 4.31 Å². The molecule has 2 rings (SSSR count). The van der Waals surface area contributed by atoms with Crippen LogP contribution in [0.15, 0.2) is 14.1 Å². The second kappa shape index (κ2) is 5.72. The van der Waals surface area contributed by atoms with E-state index in [1.807, 2.05) is 0 Å². The molecule has 1 aliphatic rings. The Balaban J connectivity index is 2.39. The lowest BCUT2D eigenvalue weighted by molar-refractivity contribution is -0.140. The van der Waals surface area contributed by atoms with Crippen LogP contribution in [0.5, 0.6) is 0 Å². The second-order valence-electron chi connectivity index (χ2n) is 4.07. The van der Waals surface area contributed by atoms with Gasteiger partial charge in [0.2, 0.25) is 0 Å². The van der Waals surface area contributed by atoms with Crippen molar-refractivity contribution in [2.24, 2.45) is 0 Å². The molecule has 1 fully saturated rings. The molecule has 0 radical (unpaired) electrons. The third-order valence-electron chi connectivity index (χ3n) is 2.76. The van der Waals surface area contributed by atoms with Gasteiger partial charge in [-0.25, -0.2) is 8.42 Å². The van der Waals surface area contributed by atoms with Gasteiger partial charge in [-0.1, -0.05) is 0 Å². The Morgan fingerprint density at radius 1 is 1.58 bits per heavy atom. The van der Waals surface area contributed by atoms with Gasteiger partial charge >= 0.3 is 5.97 Å². The van der Waals surface area contributed by atoms with Gasteiger partial charge in [0.1, 0.15) is 10.3 Å². The first-order valence-electron chi connectivity index (χ1n) is 5.42. The molecule has 19 heavy (non-hydrogen) atoms. The van der Waals surface area contributed by atoms with Crippen LogP contribution in [0, 0.1) is 6.92 Å². The summed E-state index contributed by atoms with van der Waals surface area (Å²) < 4.78 is 27.1. The number of sulfonamides is 1. The van der Waals surface area contributed by atoms with E-state index in [2.05, 4.69) is 15.9 Å². The highest BCUT2D eigenvalue weighted by Crippen LogP contribution is 2.34. The minimum atomic E-state index is -3.73. The van der Waals surface area contributed by atoms with Crippen LogP contribution in [0.1, 0.15) is 5.56 Å². The molecule has 5 nitrogen and oxygen atoms in total. The Bertz CT molecular complexity index is 578. The van der Waals surface area contributed by atoms with Crippen molar-refractivity contribution in [2.75, 3.05) is 18.1 Å². The zero-order valence-corrected chi connectivity index (χ0v) is 14.0. The summed E-state index contributed by atoms with van der Waals surface area (Å²) in [7, 11) is -3.73. The molecule has 0 saturated carbocycles. The summed E-state index contributed by atoms with van der Waals surface area (Å²) in [5, 5.41) is 9.15. The first-order chi connectivity index (χ1) is 8.84. The van der Waals surface area contributed by atoms with Crippen LogP contribution in [0.25, 0.3) is 0 Å². The number of carbonyl (C=O) groups is 1. The Morgan fingerprint density at radius 3 is 2.79 bits per heavy atom. The van der Waals surface area contributed by atoms with Crippen molar-refractivity contribution in [3.8, 4) is 0 Å². The van der Waals surface area contributed by atoms with Gasteiger partial charge in [-0.2, -0.15) is 16.1 Å². The fourth-order valence-electron chi connectivity index (χ4n) is 1.75. The summed E-state index contributed by atoms with van der Waals surface area (Å²) in [6, 6.07) is 0.593. The zero-order valence-electron chi connectivity index (χ0n) is 10.00. The van der Waals surface area contributed by atoms with Gasteiger partial charge in [-0.3, -0.25) is 4.79 Å². The van der Waals surface area contributed by atoms with Crippen LogP contribution in [-0.2, 0) is 14.8 Å². The minimum absolute atomic E-state index is 0.190. The van der Waals surface area contributed by atoms with Crippen molar-refractivity contribution >= 4 is 55.0 Å². The van der Waals surface area contributed by atoms with Crippen LogP contribution in [-0.4, -0.2) is 47.9 Å². The van der Waals surface area contributed by atoms with Crippen molar-refractivity contribution in [3.63, 3.8) is 0 Å². The maximum Gasteiger partial charge on any atom is 0.322 e. The van der Waals surface area contributed by atoms with E-state index in [1.54, 1.807) is 13.0 Å². The average Bonchev–Trinajstić information content (AvgIpc) is 2.70. The molecule has 106 valence electrons. The van der Waals surface area contributed by atoms with Crippen molar-refractivity contribution < 1.29 is 18.3 Å². The number of thioether (sulfide) groups is 1. The third kappa shape index (κ3) is 2.99. The van der Waals surface area contributed by atoms with E-state index in [1.165, 1.54) is 11.8 Å². The maximum absolute atomic E-state index is 12.5. The monoisotopic (exact) mass is 385 g/mol. The van der Waals surface area contributed by atoms with Gasteiger partial charge in [0.15, 0.2) is 0 Å². The molecule has 1 aromatic rings. The molecule has 1 unspecified atom stereocenters. The lowest BCUT2D eigenvalue weighted by Crippen LogP contribution is -2.49. The van der Waals surface area contributed by atoms with E-state index >= 15 is 0 Å². The van der Waals surface area contributed by atoms with E-state index in [0.717, 1.165) is 25.0 Å². The highest BCUT2D eigenvalue weighted by atomic mass is 79.9. The molecule has 0 bridgehead atoms. The van der Waals surface area contributed by atoms with Crippen molar-refractivity contribution in [1.29, 1.82) is 0 Å². The topological polar surface area (TPSA) is 74.7 Å². The Kier molecular flexibility index (Phi) is 4.61. The Morgan fingerprint density at radius 2 is 2.26 bits per heavy atom. The number of aliphatic carboxylic acids is 1. The average molecular weight is 386 g/mol.